The number of rotatable bonds is 6. The molecule has 0 amide bonds. The van der Waals surface area contributed by atoms with E-state index in [1.165, 1.54) is 7.11 Å². The van der Waals surface area contributed by atoms with Gasteiger partial charge in [-0.25, -0.2) is 14.8 Å². The predicted molar refractivity (Wildman–Crippen MR) is 113 cm³/mol. The SMILES string of the molecule is COC(=O)c1ccc(/C=C(\Cn2ccnc2)c2nccs2)cc1-c1cccnc1. The third kappa shape index (κ3) is 4.30. The summed E-state index contributed by atoms with van der Waals surface area (Å²) in [5.41, 5.74) is 4.15. The lowest BCUT2D eigenvalue weighted by Gasteiger charge is -2.11. The van der Waals surface area contributed by atoms with Crippen LogP contribution in [0, 0.1) is 0 Å². The molecule has 3 heterocycles. The Balaban J connectivity index is 1.79. The molecule has 0 aliphatic carbocycles. The molecule has 0 bridgehead atoms. The normalized spacial score (nSPS) is 11.4. The molecule has 7 heteroatoms. The van der Waals surface area contributed by atoms with E-state index in [1.54, 1.807) is 48.5 Å². The Kier molecular flexibility index (Phi) is 5.58. The van der Waals surface area contributed by atoms with Gasteiger partial charge in [-0.3, -0.25) is 4.98 Å². The van der Waals surface area contributed by atoms with Gasteiger partial charge in [-0.2, -0.15) is 0 Å². The highest BCUT2D eigenvalue weighted by atomic mass is 32.1. The molecule has 29 heavy (non-hydrogen) atoms. The van der Waals surface area contributed by atoms with Gasteiger partial charge in [-0.1, -0.05) is 12.1 Å². The number of benzene rings is 1. The first-order chi connectivity index (χ1) is 14.2. The van der Waals surface area contributed by atoms with Crippen molar-refractivity contribution in [1.29, 1.82) is 0 Å². The summed E-state index contributed by atoms with van der Waals surface area (Å²) >= 11 is 1.59. The molecule has 0 unspecified atom stereocenters. The van der Waals surface area contributed by atoms with E-state index in [9.17, 15) is 4.79 Å². The third-order valence-electron chi connectivity index (χ3n) is 4.38. The zero-order valence-corrected chi connectivity index (χ0v) is 16.5. The number of allylic oxidation sites excluding steroid dienone is 1. The van der Waals surface area contributed by atoms with E-state index in [1.807, 2.05) is 40.4 Å². The Hall–Kier alpha value is -3.58. The van der Waals surface area contributed by atoms with E-state index >= 15 is 0 Å². The van der Waals surface area contributed by atoms with Crippen LogP contribution < -0.4 is 0 Å². The second-order valence-electron chi connectivity index (χ2n) is 6.28. The van der Waals surface area contributed by atoms with Crippen molar-refractivity contribution < 1.29 is 9.53 Å². The number of ether oxygens (including phenoxy) is 1. The fourth-order valence-electron chi connectivity index (χ4n) is 3.04. The highest BCUT2D eigenvalue weighted by molar-refractivity contribution is 7.10. The maximum absolute atomic E-state index is 12.3. The first kappa shape index (κ1) is 18.8. The maximum atomic E-state index is 12.3. The van der Waals surface area contributed by atoms with Gasteiger partial charge in [0.15, 0.2) is 0 Å². The van der Waals surface area contributed by atoms with Crippen LogP contribution in [-0.4, -0.2) is 32.6 Å². The molecule has 4 rings (SSSR count). The summed E-state index contributed by atoms with van der Waals surface area (Å²) in [6.07, 6.45) is 12.8. The largest absolute Gasteiger partial charge is 0.465 e. The Morgan fingerprint density at radius 3 is 2.83 bits per heavy atom. The number of pyridine rings is 1. The number of thiazole rings is 1. The van der Waals surface area contributed by atoms with Crippen LogP contribution in [0.25, 0.3) is 22.8 Å². The van der Waals surface area contributed by atoms with Gasteiger partial charge in [0.1, 0.15) is 5.01 Å². The monoisotopic (exact) mass is 402 g/mol. The molecule has 4 aromatic rings. The summed E-state index contributed by atoms with van der Waals surface area (Å²) in [7, 11) is 1.38. The van der Waals surface area contributed by atoms with Crippen molar-refractivity contribution >= 4 is 29.0 Å². The number of aromatic nitrogens is 4. The average Bonchev–Trinajstić information content (AvgIpc) is 3.47. The van der Waals surface area contributed by atoms with Crippen LogP contribution in [0.2, 0.25) is 0 Å². The lowest BCUT2D eigenvalue weighted by Crippen LogP contribution is -2.04. The van der Waals surface area contributed by atoms with Crippen LogP contribution >= 0.6 is 11.3 Å². The molecule has 3 aromatic heterocycles. The molecule has 0 saturated heterocycles. The fourth-order valence-corrected chi connectivity index (χ4v) is 3.68. The van der Waals surface area contributed by atoms with Gasteiger partial charge in [0.2, 0.25) is 0 Å². The van der Waals surface area contributed by atoms with Gasteiger partial charge in [0.05, 0.1) is 25.5 Å². The van der Waals surface area contributed by atoms with Crippen molar-refractivity contribution in [2.45, 2.75) is 6.54 Å². The first-order valence-corrected chi connectivity index (χ1v) is 9.81. The second kappa shape index (κ2) is 8.62. The van der Waals surface area contributed by atoms with Crippen LogP contribution in [-0.2, 0) is 11.3 Å². The van der Waals surface area contributed by atoms with E-state index in [2.05, 4.69) is 21.0 Å². The molecule has 6 nitrogen and oxygen atoms in total. The molecule has 0 aliphatic heterocycles. The highest BCUT2D eigenvalue weighted by Gasteiger charge is 2.14. The van der Waals surface area contributed by atoms with Crippen LogP contribution in [0.3, 0.4) is 0 Å². The molecule has 1 aromatic carbocycles. The first-order valence-electron chi connectivity index (χ1n) is 8.93. The van der Waals surface area contributed by atoms with Gasteiger partial charge in [-0.15, -0.1) is 11.3 Å². The molecule has 0 spiro atoms. The van der Waals surface area contributed by atoms with Gasteiger partial charge in [0, 0.05) is 47.5 Å². The fraction of sp³-hybridized carbons (Fsp3) is 0.0909. The van der Waals surface area contributed by atoms with E-state index in [0.29, 0.717) is 12.1 Å². The van der Waals surface area contributed by atoms with Crippen molar-refractivity contribution in [3.05, 3.63) is 89.2 Å². The van der Waals surface area contributed by atoms with Gasteiger partial charge in [-0.05, 0) is 35.4 Å². The summed E-state index contributed by atoms with van der Waals surface area (Å²) in [6.45, 7) is 0.647. The number of carbonyl (C=O) groups is 1. The second-order valence-corrected chi connectivity index (χ2v) is 7.17. The van der Waals surface area contributed by atoms with Crippen molar-refractivity contribution in [2.75, 3.05) is 7.11 Å². The molecule has 0 N–H and O–H groups in total. The minimum absolute atomic E-state index is 0.377. The van der Waals surface area contributed by atoms with Crippen molar-refractivity contribution in [2.24, 2.45) is 0 Å². The van der Waals surface area contributed by atoms with Crippen molar-refractivity contribution in [1.82, 2.24) is 19.5 Å². The number of methoxy groups -OCH3 is 1. The molecular weight excluding hydrogens is 384 g/mol. The lowest BCUT2D eigenvalue weighted by molar-refractivity contribution is 0.0601. The third-order valence-corrected chi connectivity index (χ3v) is 5.23. The summed E-state index contributed by atoms with van der Waals surface area (Å²) in [5.74, 6) is -0.377. The average molecular weight is 402 g/mol. The summed E-state index contributed by atoms with van der Waals surface area (Å²) in [6, 6.07) is 9.45. The van der Waals surface area contributed by atoms with Crippen LogP contribution in [0.15, 0.2) is 73.0 Å². The Morgan fingerprint density at radius 2 is 2.14 bits per heavy atom. The molecule has 0 aliphatic rings. The number of nitrogens with zero attached hydrogens (tertiary/aromatic N) is 4. The van der Waals surface area contributed by atoms with Crippen molar-refractivity contribution in [3.8, 4) is 11.1 Å². The topological polar surface area (TPSA) is 69.9 Å². The Morgan fingerprint density at radius 1 is 1.21 bits per heavy atom. The molecule has 144 valence electrons. The van der Waals surface area contributed by atoms with Crippen LogP contribution in [0.1, 0.15) is 20.9 Å². The van der Waals surface area contributed by atoms with E-state index in [0.717, 1.165) is 27.3 Å². The Bertz CT molecular complexity index is 1120. The van der Waals surface area contributed by atoms with Crippen LogP contribution in [0.5, 0.6) is 0 Å². The number of esters is 1. The number of carbonyl (C=O) groups excluding carboxylic acids is 1. The molecule has 0 saturated carbocycles. The summed E-state index contributed by atoms with van der Waals surface area (Å²) in [5, 5.41) is 2.90. The lowest BCUT2D eigenvalue weighted by atomic mass is 9.97. The molecular formula is C22H18N4O2S. The maximum Gasteiger partial charge on any atom is 0.338 e. The Labute approximate surface area is 172 Å². The molecule has 0 fully saturated rings. The number of hydrogen-bond donors (Lipinski definition) is 0. The van der Waals surface area contributed by atoms with Gasteiger partial charge >= 0.3 is 5.97 Å². The number of imidazole rings is 1. The summed E-state index contributed by atoms with van der Waals surface area (Å²) in [4.78, 5) is 25.0. The van der Waals surface area contributed by atoms with Gasteiger partial charge < -0.3 is 9.30 Å². The van der Waals surface area contributed by atoms with Gasteiger partial charge in [0.25, 0.3) is 0 Å². The highest BCUT2D eigenvalue weighted by Crippen LogP contribution is 2.28. The van der Waals surface area contributed by atoms with Crippen molar-refractivity contribution in [3.63, 3.8) is 0 Å². The summed E-state index contributed by atoms with van der Waals surface area (Å²) < 4.78 is 6.95. The number of hydrogen-bond acceptors (Lipinski definition) is 6. The quantitative estimate of drug-likeness (QED) is 0.446. The predicted octanol–water partition coefficient (Wildman–Crippen LogP) is 4.43. The van der Waals surface area contributed by atoms with E-state index in [-0.39, 0.29) is 5.97 Å². The standard InChI is InChI=1S/C22H18N4O2S/c1-28-22(27)19-5-4-16(12-20(19)17-3-2-6-23-13-17)11-18(21-25-8-10-29-21)14-26-9-7-24-15-26/h2-13,15H,14H2,1H3/b18-11+. The minimum atomic E-state index is -0.377. The molecule has 0 atom stereocenters. The molecule has 0 radical (unpaired) electrons. The zero-order valence-electron chi connectivity index (χ0n) is 15.7. The van der Waals surface area contributed by atoms with Crippen LogP contribution in [0.4, 0.5) is 0 Å². The smallest absolute Gasteiger partial charge is 0.338 e. The van der Waals surface area contributed by atoms with E-state index < -0.39 is 0 Å². The zero-order chi connectivity index (χ0) is 20.1. The van der Waals surface area contributed by atoms with E-state index in [4.69, 9.17) is 4.74 Å². The minimum Gasteiger partial charge on any atom is -0.465 e.